The van der Waals surface area contributed by atoms with E-state index in [1.165, 1.54) is 51.4 Å². The molecule has 0 aromatic heterocycles. The Morgan fingerprint density at radius 3 is 1.64 bits per heavy atom. The van der Waals surface area contributed by atoms with Crippen LogP contribution in [0.25, 0.3) is 0 Å². The summed E-state index contributed by atoms with van der Waals surface area (Å²) in [5.41, 5.74) is 0. The maximum Gasteiger partial charge on any atom is 0.362 e. The number of ether oxygens (including phenoxy) is 3. The van der Waals surface area contributed by atoms with Crippen LogP contribution in [0.15, 0.2) is 60.8 Å². The fraction of sp³-hybridized carbons (Fsp3) is 0.711. The zero-order chi connectivity index (χ0) is 39.3. The summed E-state index contributed by atoms with van der Waals surface area (Å²) in [5.74, 6) is -1.58. The Kier molecular flexibility index (Phi) is 34.0. The van der Waals surface area contributed by atoms with E-state index >= 15 is 0 Å². The molecule has 0 saturated heterocycles. The van der Waals surface area contributed by atoms with Crippen molar-refractivity contribution >= 4 is 17.9 Å². The molecule has 0 aromatic carbocycles. The number of hydrogen-bond acceptors (Lipinski definition) is 6. The van der Waals surface area contributed by atoms with Gasteiger partial charge in [0.05, 0.1) is 34.4 Å². The molecule has 0 amide bonds. The van der Waals surface area contributed by atoms with E-state index in [0.29, 0.717) is 19.3 Å². The third kappa shape index (κ3) is 34.5. The maximum absolute atomic E-state index is 12.7. The lowest BCUT2D eigenvalue weighted by molar-refractivity contribution is -0.887. The Morgan fingerprint density at radius 1 is 0.585 bits per heavy atom. The number of aliphatic carboxylic acids is 1. The highest BCUT2D eigenvalue weighted by Crippen LogP contribution is 2.12. The number of carboxylic acids is 1. The second-order valence-electron chi connectivity index (χ2n) is 14.9. The number of nitrogens with zero attached hydrogens (tertiary/aromatic N) is 1. The predicted molar refractivity (Wildman–Crippen MR) is 220 cm³/mol. The van der Waals surface area contributed by atoms with Crippen LogP contribution >= 0.6 is 0 Å². The molecule has 0 aliphatic carbocycles. The first-order chi connectivity index (χ1) is 25.6. The number of hydrogen-bond donors (Lipinski definition) is 1. The third-order valence-electron chi connectivity index (χ3n) is 8.91. The molecule has 8 heteroatoms. The minimum Gasteiger partial charge on any atom is -0.477 e. The molecule has 0 rings (SSSR count). The quantitative estimate of drug-likeness (QED) is 0.0295. The van der Waals surface area contributed by atoms with Gasteiger partial charge in [-0.3, -0.25) is 9.59 Å². The zero-order valence-corrected chi connectivity index (χ0v) is 34.4. The van der Waals surface area contributed by atoms with E-state index in [-0.39, 0.29) is 42.7 Å². The number of carbonyl (C=O) groups is 3. The Balaban J connectivity index is 4.48. The highest BCUT2D eigenvalue weighted by Gasteiger charge is 2.31. The Hall–Kier alpha value is -2.97. The summed E-state index contributed by atoms with van der Waals surface area (Å²) in [5, 5.41) is 9.60. The smallest absolute Gasteiger partial charge is 0.362 e. The van der Waals surface area contributed by atoms with Gasteiger partial charge in [0.2, 0.25) is 0 Å². The molecule has 2 atom stereocenters. The first-order valence-electron chi connectivity index (χ1n) is 20.8. The largest absolute Gasteiger partial charge is 0.477 e. The monoisotopic (exact) mass is 745 g/mol. The van der Waals surface area contributed by atoms with Gasteiger partial charge in [0.25, 0.3) is 0 Å². The highest BCUT2D eigenvalue weighted by molar-refractivity contribution is 5.72. The molecular formula is C45H78NO7+. The number of carboxylic acid groups (broad SMARTS) is 1. The lowest BCUT2D eigenvalue weighted by atomic mass is 10.1. The first kappa shape index (κ1) is 50.0. The van der Waals surface area contributed by atoms with Gasteiger partial charge in [-0.1, -0.05) is 132 Å². The van der Waals surface area contributed by atoms with Gasteiger partial charge in [0.1, 0.15) is 6.61 Å². The van der Waals surface area contributed by atoms with Crippen LogP contribution in [0.1, 0.15) is 155 Å². The van der Waals surface area contributed by atoms with Gasteiger partial charge in [-0.2, -0.15) is 0 Å². The summed E-state index contributed by atoms with van der Waals surface area (Å²) in [6.07, 6.45) is 42.7. The molecule has 0 saturated carbocycles. The second kappa shape index (κ2) is 36.0. The van der Waals surface area contributed by atoms with Gasteiger partial charge >= 0.3 is 17.9 Å². The van der Waals surface area contributed by atoms with Crippen molar-refractivity contribution in [3.8, 4) is 0 Å². The summed E-state index contributed by atoms with van der Waals surface area (Å²) in [6, 6.07) is -0.625. The van der Waals surface area contributed by atoms with Crippen molar-refractivity contribution in [1.82, 2.24) is 0 Å². The van der Waals surface area contributed by atoms with E-state index in [4.69, 9.17) is 14.2 Å². The maximum atomic E-state index is 12.7. The molecule has 0 aliphatic rings. The van der Waals surface area contributed by atoms with Crippen LogP contribution in [0.5, 0.6) is 0 Å². The standard InChI is InChI=1S/C45H77NO7/c1-6-8-10-12-14-16-18-20-21-22-24-26-28-30-32-34-36-44(48)53-41(39-51-38-37-42(45(49)50)46(3,4)5)40-52-43(47)35-33-31-29-27-25-23-19-17-15-13-11-9-7-2/h8,10,14,16,20-21,23,25,29,31,41-42H,6-7,9,11-13,15,17-19,22,24,26-28,30,32-40H2,1-5H3/p+1/b10-8+,16-14+,21-20+,25-23+,31-29+. The number of rotatable bonds is 36. The van der Waals surface area contributed by atoms with E-state index in [0.717, 1.165) is 64.2 Å². The number of unbranched alkanes of at least 4 members (excludes halogenated alkanes) is 12. The van der Waals surface area contributed by atoms with Crippen LogP contribution in [-0.4, -0.2) is 80.6 Å². The van der Waals surface area contributed by atoms with Crippen molar-refractivity contribution in [1.29, 1.82) is 0 Å². The van der Waals surface area contributed by atoms with Crippen molar-refractivity contribution in [3.63, 3.8) is 0 Å². The molecular weight excluding hydrogens is 666 g/mol. The normalized spacial score (nSPS) is 13.6. The van der Waals surface area contributed by atoms with Crippen molar-refractivity contribution in [2.24, 2.45) is 0 Å². The zero-order valence-electron chi connectivity index (χ0n) is 34.4. The van der Waals surface area contributed by atoms with Crippen molar-refractivity contribution in [2.75, 3.05) is 41.0 Å². The molecule has 304 valence electrons. The SMILES string of the molecule is CC/C=C/C/C=C/C/C=C/CCCCCCCCC(=O)OC(COCCC(C(=O)O)[N+](C)(C)C)COC(=O)CC/C=C/C/C=C/CCCCCCCC. The summed E-state index contributed by atoms with van der Waals surface area (Å²) >= 11 is 0. The number of carbonyl (C=O) groups excluding carboxylic acids is 2. The Morgan fingerprint density at radius 2 is 1.09 bits per heavy atom. The summed E-state index contributed by atoms with van der Waals surface area (Å²) < 4.78 is 17.2. The van der Waals surface area contributed by atoms with E-state index in [1.807, 2.05) is 27.2 Å². The van der Waals surface area contributed by atoms with Crippen LogP contribution in [0, 0.1) is 0 Å². The van der Waals surface area contributed by atoms with Gasteiger partial charge in [0.15, 0.2) is 12.1 Å². The number of likely N-dealkylation sites (N-methyl/N-ethyl adjacent to an activating group) is 1. The predicted octanol–water partition coefficient (Wildman–Crippen LogP) is 11.0. The second-order valence-corrected chi connectivity index (χ2v) is 14.9. The van der Waals surface area contributed by atoms with E-state index in [9.17, 15) is 19.5 Å². The molecule has 2 unspecified atom stereocenters. The first-order valence-corrected chi connectivity index (χ1v) is 20.8. The molecule has 0 bridgehead atoms. The van der Waals surface area contributed by atoms with E-state index in [2.05, 4.69) is 68.5 Å². The fourth-order valence-corrected chi connectivity index (χ4v) is 5.69. The average Bonchev–Trinajstić information content (AvgIpc) is 3.11. The summed E-state index contributed by atoms with van der Waals surface area (Å²) in [4.78, 5) is 36.8. The lowest BCUT2D eigenvalue weighted by Crippen LogP contribution is -2.50. The molecule has 1 N–H and O–H groups in total. The minimum absolute atomic E-state index is 0.0362. The third-order valence-corrected chi connectivity index (χ3v) is 8.91. The number of quaternary nitrogens is 1. The topological polar surface area (TPSA) is 99.1 Å². The van der Waals surface area contributed by atoms with E-state index < -0.39 is 18.1 Å². The van der Waals surface area contributed by atoms with Crippen LogP contribution in [-0.2, 0) is 28.6 Å². The van der Waals surface area contributed by atoms with Crippen molar-refractivity contribution in [2.45, 2.75) is 167 Å². The summed E-state index contributed by atoms with van der Waals surface area (Å²) in [6.45, 7) is 4.52. The van der Waals surface area contributed by atoms with Crippen molar-refractivity contribution < 1.29 is 38.2 Å². The number of allylic oxidation sites excluding steroid dienone is 10. The Bertz CT molecular complexity index is 1050. The average molecular weight is 745 g/mol. The fourth-order valence-electron chi connectivity index (χ4n) is 5.69. The molecule has 0 heterocycles. The molecule has 0 aromatic rings. The molecule has 0 radical (unpaired) electrons. The van der Waals surface area contributed by atoms with Gasteiger partial charge in [-0.15, -0.1) is 0 Å². The van der Waals surface area contributed by atoms with Gasteiger partial charge in [-0.05, 0) is 64.2 Å². The lowest BCUT2D eigenvalue weighted by Gasteiger charge is -2.31. The van der Waals surface area contributed by atoms with Crippen molar-refractivity contribution in [3.05, 3.63) is 60.8 Å². The van der Waals surface area contributed by atoms with Crippen LogP contribution in [0.2, 0.25) is 0 Å². The van der Waals surface area contributed by atoms with Crippen LogP contribution < -0.4 is 0 Å². The summed E-state index contributed by atoms with van der Waals surface area (Å²) in [7, 11) is 5.50. The van der Waals surface area contributed by atoms with Crippen LogP contribution in [0.4, 0.5) is 0 Å². The molecule has 0 spiro atoms. The number of esters is 2. The van der Waals surface area contributed by atoms with Gasteiger partial charge in [0, 0.05) is 19.3 Å². The van der Waals surface area contributed by atoms with Gasteiger partial charge < -0.3 is 23.8 Å². The molecule has 53 heavy (non-hydrogen) atoms. The molecule has 0 aliphatic heterocycles. The van der Waals surface area contributed by atoms with E-state index in [1.54, 1.807) is 0 Å². The van der Waals surface area contributed by atoms with Crippen LogP contribution in [0.3, 0.4) is 0 Å². The molecule has 8 nitrogen and oxygen atoms in total. The highest BCUT2D eigenvalue weighted by atomic mass is 16.6. The van der Waals surface area contributed by atoms with Gasteiger partial charge in [-0.25, -0.2) is 4.79 Å². The Labute approximate surface area is 324 Å². The molecule has 0 fully saturated rings. The minimum atomic E-state index is -0.886.